The zero-order chi connectivity index (χ0) is 22.8. The Morgan fingerprint density at radius 1 is 1.13 bits per heavy atom. The van der Waals surface area contributed by atoms with Crippen molar-refractivity contribution < 1.29 is 33.4 Å². The van der Waals surface area contributed by atoms with Gasteiger partial charge in [0.1, 0.15) is 23.9 Å². The summed E-state index contributed by atoms with van der Waals surface area (Å²) in [6.45, 7) is 11.2. The van der Waals surface area contributed by atoms with Gasteiger partial charge in [-0.3, -0.25) is 19.2 Å². The lowest BCUT2D eigenvalue weighted by atomic mass is 9.51. The minimum absolute atomic E-state index is 0.115. The van der Waals surface area contributed by atoms with E-state index in [1.807, 2.05) is 0 Å². The van der Waals surface area contributed by atoms with E-state index < -0.39 is 40.9 Å². The van der Waals surface area contributed by atoms with Crippen molar-refractivity contribution in [1.29, 1.82) is 0 Å². The van der Waals surface area contributed by atoms with Gasteiger partial charge in [0, 0.05) is 31.1 Å². The smallest absolute Gasteiger partial charge is 0.316 e. The number of esters is 3. The van der Waals surface area contributed by atoms with Crippen LogP contribution in [0.25, 0.3) is 0 Å². The number of cyclic esters (lactones) is 1. The molecular formula is C24H32O7. The van der Waals surface area contributed by atoms with Gasteiger partial charge in [-0.2, -0.15) is 0 Å². The van der Waals surface area contributed by atoms with Gasteiger partial charge < -0.3 is 14.2 Å². The number of ether oxygens (including phenoxy) is 3. The molecule has 2 bridgehead atoms. The van der Waals surface area contributed by atoms with Crippen LogP contribution in [0, 0.1) is 34.0 Å². The molecule has 1 heterocycles. The Labute approximate surface area is 182 Å². The van der Waals surface area contributed by atoms with E-state index in [-0.39, 0.29) is 29.8 Å². The zero-order valence-electron chi connectivity index (χ0n) is 18.8. The minimum Gasteiger partial charge on any atom is -0.465 e. The molecule has 0 aromatic heterocycles. The Morgan fingerprint density at radius 3 is 2.42 bits per heavy atom. The van der Waals surface area contributed by atoms with E-state index in [1.165, 1.54) is 13.8 Å². The van der Waals surface area contributed by atoms with Gasteiger partial charge in [-0.25, -0.2) is 0 Å². The highest BCUT2D eigenvalue weighted by atomic mass is 16.6. The second-order valence-electron chi connectivity index (χ2n) is 10.7. The molecule has 7 heteroatoms. The Morgan fingerprint density at radius 2 is 1.81 bits per heavy atom. The fourth-order valence-corrected chi connectivity index (χ4v) is 7.83. The second kappa shape index (κ2) is 7.17. The lowest BCUT2D eigenvalue weighted by Crippen LogP contribution is -2.61. The van der Waals surface area contributed by atoms with Crippen LogP contribution >= 0.6 is 0 Å². The standard InChI is InChI=1S/C24H32O7/c1-13(11-25)16-9-17(30-14(2)26)18-23-8-6-7-22(4,5)19(23)20(31-15(3)27)24(18,10-16)21(28)29-12-23/h11,16-20H,1,6-10,12H2,2-5H3/t16-,17-,18+,19-,20+,23-,24+/m1/s1. The Hall–Kier alpha value is -2.18. The van der Waals surface area contributed by atoms with Gasteiger partial charge in [0.15, 0.2) is 0 Å². The topological polar surface area (TPSA) is 96.0 Å². The van der Waals surface area contributed by atoms with Crippen LogP contribution in [-0.2, 0) is 33.4 Å². The fraction of sp³-hybridized carbons (Fsp3) is 0.750. The van der Waals surface area contributed by atoms with Crippen LogP contribution in [-0.4, -0.2) is 43.0 Å². The summed E-state index contributed by atoms with van der Waals surface area (Å²) in [6.07, 6.45) is 2.88. The molecule has 0 N–H and O–H groups in total. The molecular weight excluding hydrogens is 400 g/mol. The van der Waals surface area contributed by atoms with Crippen molar-refractivity contribution in [1.82, 2.24) is 0 Å². The molecule has 4 aliphatic rings. The second-order valence-corrected chi connectivity index (χ2v) is 10.7. The Kier molecular flexibility index (Phi) is 5.10. The first-order chi connectivity index (χ1) is 14.5. The molecule has 3 saturated carbocycles. The average Bonchev–Trinajstić information content (AvgIpc) is 2.87. The van der Waals surface area contributed by atoms with Gasteiger partial charge in [-0.15, -0.1) is 0 Å². The predicted molar refractivity (Wildman–Crippen MR) is 109 cm³/mol. The number of rotatable bonds is 4. The minimum atomic E-state index is -1.16. The maximum absolute atomic E-state index is 13.6. The van der Waals surface area contributed by atoms with E-state index >= 15 is 0 Å². The van der Waals surface area contributed by atoms with E-state index in [0.29, 0.717) is 24.7 Å². The number of aldehydes is 1. The van der Waals surface area contributed by atoms with Crippen LogP contribution < -0.4 is 0 Å². The first kappa shape index (κ1) is 22.0. The fourth-order valence-electron chi connectivity index (χ4n) is 7.83. The summed E-state index contributed by atoms with van der Waals surface area (Å²) in [6, 6.07) is 0. The van der Waals surface area contributed by atoms with Crippen molar-refractivity contribution in [3.05, 3.63) is 12.2 Å². The number of hydrogen-bond acceptors (Lipinski definition) is 7. The molecule has 7 atom stereocenters. The Balaban J connectivity index is 1.96. The molecule has 0 aromatic carbocycles. The summed E-state index contributed by atoms with van der Waals surface area (Å²) in [5.74, 6) is -2.09. The van der Waals surface area contributed by atoms with Crippen molar-refractivity contribution in [2.45, 2.75) is 72.0 Å². The number of hydrogen-bond donors (Lipinski definition) is 0. The number of allylic oxidation sites excluding steroid dienone is 1. The van der Waals surface area contributed by atoms with Gasteiger partial charge in [0.05, 0.1) is 6.61 Å². The molecule has 0 amide bonds. The average molecular weight is 433 g/mol. The molecule has 1 aliphatic heterocycles. The zero-order valence-corrected chi connectivity index (χ0v) is 18.8. The van der Waals surface area contributed by atoms with Crippen LogP contribution in [0.2, 0.25) is 0 Å². The highest BCUT2D eigenvalue weighted by Gasteiger charge is 2.80. The Bertz CT molecular complexity index is 845. The van der Waals surface area contributed by atoms with Crippen molar-refractivity contribution in [2.24, 2.45) is 34.0 Å². The third kappa shape index (κ3) is 2.99. The first-order valence-corrected chi connectivity index (χ1v) is 11.2. The van der Waals surface area contributed by atoms with Crippen LogP contribution in [0.5, 0.6) is 0 Å². The summed E-state index contributed by atoms with van der Waals surface area (Å²) in [5, 5.41) is 0. The van der Waals surface area contributed by atoms with Crippen molar-refractivity contribution >= 4 is 24.2 Å². The first-order valence-electron chi connectivity index (χ1n) is 11.2. The van der Waals surface area contributed by atoms with Crippen LogP contribution in [0.15, 0.2) is 12.2 Å². The van der Waals surface area contributed by atoms with Gasteiger partial charge in [-0.05, 0) is 42.6 Å². The SMILES string of the molecule is C=C(C=O)[C@@H]1C[C@@H](OC(C)=O)[C@H]2[C@]34CCCC(C)(C)[C@H]3[C@H](OC(C)=O)[C@@]2(C1)C(=O)OC4. The van der Waals surface area contributed by atoms with Gasteiger partial charge in [0.25, 0.3) is 0 Å². The quantitative estimate of drug-likeness (QED) is 0.292. The molecule has 4 rings (SSSR count). The monoisotopic (exact) mass is 432 g/mol. The van der Waals surface area contributed by atoms with Gasteiger partial charge in [-0.1, -0.05) is 26.8 Å². The lowest BCUT2D eigenvalue weighted by molar-refractivity contribution is -0.212. The molecule has 1 saturated heterocycles. The van der Waals surface area contributed by atoms with Crippen LogP contribution in [0.3, 0.4) is 0 Å². The van der Waals surface area contributed by atoms with Gasteiger partial charge in [0.2, 0.25) is 0 Å². The molecule has 1 spiro atoms. The highest BCUT2D eigenvalue weighted by molar-refractivity contribution is 5.83. The highest BCUT2D eigenvalue weighted by Crippen LogP contribution is 2.74. The van der Waals surface area contributed by atoms with E-state index in [4.69, 9.17) is 14.2 Å². The molecule has 4 fully saturated rings. The van der Waals surface area contributed by atoms with E-state index in [9.17, 15) is 19.2 Å². The van der Waals surface area contributed by atoms with Crippen molar-refractivity contribution in [3.8, 4) is 0 Å². The van der Waals surface area contributed by atoms with E-state index in [2.05, 4.69) is 20.4 Å². The van der Waals surface area contributed by atoms with Crippen LogP contribution in [0.4, 0.5) is 0 Å². The largest absolute Gasteiger partial charge is 0.465 e. The van der Waals surface area contributed by atoms with Crippen molar-refractivity contribution in [2.75, 3.05) is 6.61 Å². The summed E-state index contributed by atoms with van der Waals surface area (Å²) < 4.78 is 17.6. The lowest BCUT2D eigenvalue weighted by Gasteiger charge is -2.55. The third-order valence-corrected chi connectivity index (χ3v) is 8.52. The molecule has 0 aromatic rings. The number of carbonyl (C=O) groups excluding carboxylic acids is 4. The number of carbonyl (C=O) groups is 4. The molecule has 7 nitrogen and oxygen atoms in total. The summed E-state index contributed by atoms with van der Waals surface area (Å²) in [4.78, 5) is 49.5. The maximum Gasteiger partial charge on any atom is 0.316 e. The van der Waals surface area contributed by atoms with Gasteiger partial charge >= 0.3 is 17.9 Å². The molecule has 0 unspecified atom stereocenters. The molecule has 0 radical (unpaired) electrons. The summed E-state index contributed by atoms with van der Waals surface area (Å²) >= 11 is 0. The normalized spacial score (nSPS) is 42.5. The molecule has 31 heavy (non-hydrogen) atoms. The summed E-state index contributed by atoms with van der Waals surface area (Å²) in [7, 11) is 0. The molecule has 170 valence electrons. The predicted octanol–water partition coefficient (Wildman–Crippen LogP) is 3.00. The van der Waals surface area contributed by atoms with Crippen LogP contribution in [0.1, 0.15) is 59.8 Å². The summed E-state index contributed by atoms with van der Waals surface area (Å²) in [5.41, 5.74) is -1.45. The maximum atomic E-state index is 13.6. The van der Waals surface area contributed by atoms with E-state index in [1.54, 1.807) is 0 Å². The van der Waals surface area contributed by atoms with Crippen molar-refractivity contribution in [3.63, 3.8) is 0 Å². The molecule has 3 aliphatic carbocycles. The van der Waals surface area contributed by atoms with E-state index in [0.717, 1.165) is 19.3 Å². The third-order valence-electron chi connectivity index (χ3n) is 8.52.